The van der Waals surface area contributed by atoms with Gasteiger partial charge in [0.05, 0.1) is 25.2 Å². The molecule has 1 saturated heterocycles. The topological polar surface area (TPSA) is 76.4 Å². The second-order valence-corrected chi connectivity index (χ2v) is 6.69. The predicted molar refractivity (Wildman–Crippen MR) is 102 cm³/mol. The Morgan fingerprint density at radius 3 is 2.85 bits per heavy atom. The molecule has 140 valence electrons. The fourth-order valence-corrected chi connectivity index (χ4v) is 3.40. The SMILES string of the molecule is COc1cccc(CN2CCN(c3nc(C)nc4c3cnn4C)CC2=O)c1. The van der Waals surface area contributed by atoms with Crippen LogP contribution in [0.15, 0.2) is 30.5 Å². The van der Waals surface area contributed by atoms with E-state index in [2.05, 4.69) is 15.1 Å². The maximum absolute atomic E-state index is 12.8. The molecule has 0 saturated carbocycles. The number of amides is 1. The van der Waals surface area contributed by atoms with E-state index >= 15 is 0 Å². The van der Waals surface area contributed by atoms with Crippen LogP contribution in [0.1, 0.15) is 11.4 Å². The summed E-state index contributed by atoms with van der Waals surface area (Å²) in [6.45, 7) is 4.09. The van der Waals surface area contributed by atoms with Crippen LogP contribution in [0.5, 0.6) is 5.75 Å². The second kappa shape index (κ2) is 6.86. The second-order valence-electron chi connectivity index (χ2n) is 6.69. The summed E-state index contributed by atoms with van der Waals surface area (Å²) in [7, 11) is 3.50. The Kier molecular flexibility index (Phi) is 4.39. The number of aromatic nitrogens is 4. The van der Waals surface area contributed by atoms with Crippen LogP contribution in [0, 0.1) is 6.92 Å². The van der Waals surface area contributed by atoms with E-state index in [9.17, 15) is 4.79 Å². The van der Waals surface area contributed by atoms with E-state index < -0.39 is 0 Å². The van der Waals surface area contributed by atoms with Crippen molar-refractivity contribution < 1.29 is 9.53 Å². The molecule has 0 atom stereocenters. The van der Waals surface area contributed by atoms with Gasteiger partial charge in [-0.2, -0.15) is 5.10 Å². The zero-order chi connectivity index (χ0) is 19.0. The average molecular weight is 366 g/mol. The highest BCUT2D eigenvalue weighted by Gasteiger charge is 2.27. The largest absolute Gasteiger partial charge is 0.497 e. The van der Waals surface area contributed by atoms with Crippen LogP contribution >= 0.6 is 0 Å². The normalized spacial score (nSPS) is 14.9. The molecule has 0 N–H and O–H groups in total. The summed E-state index contributed by atoms with van der Waals surface area (Å²) >= 11 is 0. The molecule has 2 aromatic heterocycles. The summed E-state index contributed by atoms with van der Waals surface area (Å²) in [6, 6.07) is 7.82. The zero-order valence-corrected chi connectivity index (χ0v) is 15.7. The van der Waals surface area contributed by atoms with Crippen LogP contribution in [0.3, 0.4) is 0 Å². The minimum atomic E-state index is 0.0809. The molecule has 0 aliphatic carbocycles. The van der Waals surface area contributed by atoms with Crippen molar-refractivity contribution in [3.8, 4) is 5.75 Å². The third-order valence-corrected chi connectivity index (χ3v) is 4.81. The molecular formula is C19H22N6O2. The Labute approximate surface area is 157 Å². The van der Waals surface area contributed by atoms with Crippen molar-refractivity contribution in [3.05, 3.63) is 41.9 Å². The number of aryl methyl sites for hydroxylation is 2. The molecule has 1 amide bonds. The first kappa shape index (κ1) is 17.3. The molecule has 8 heteroatoms. The molecule has 3 heterocycles. The first-order chi connectivity index (χ1) is 13.0. The lowest BCUT2D eigenvalue weighted by Gasteiger charge is -2.35. The van der Waals surface area contributed by atoms with E-state index in [-0.39, 0.29) is 5.91 Å². The van der Waals surface area contributed by atoms with Crippen molar-refractivity contribution >= 4 is 22.8 Å². The van der Waals surface area contributed by atoms with Gasteiger partial charge in [-0.05, 0) is 24.6 Å². The number of nitrogens with zero attached hydrogens (tertiary/aromatic N) is 6. The molecule has 27 heavy (non-hydrogen) atoms. The quantitative estimate of drug-likeness (QED) is 0.697. The van der Waals surface area contributed by atoms with Gasteiger partial charge in [0.2, 0.25) is 5.91 Å². The highest BCUT2D eigenvalue weighted by atomic mass is 16.5. The fourth-order valence-electron chi connectivity index (χ4n) is 3.40. The number of benzene rings is 1. The van der Waals surface area contributed by atoms with Gasteiger partial charge in [0.15, 0.2) is 5.65 Å². The molecule has 0 bridgehead atoms. The van der Waals surface area contributed by atoms with Crippen LogP contribution in [-0.4, -0.2) is 57.3 Å². The minimum Gasteiger partial charge on any atom is -0.497 e. The Hall–Kier alpha value is -3.16. The fraction of sp³-hybridized carbons (Fsp3) is 0.368. The van der Waals surface area contributed by atoms with Crippen LogP contribution in [-0.2, 0) is 18.4 Å². The predicted octanol–water partition coefficient (Wildman–Crippen LogP) is 1.53. The molecule has 1 aliphatic heterocycles. The number of ether oxygens (including phenoxy) is 1. The number of rotatable bonds is 4. The average Bonchev–Trinajstić information content (AvgIpc) is 3.04. The molecular weight excluding hydrogens is 344 g/mol. The van der Waals surface area contributed by atoms with E-state index in [0.717, 1.165) is 34.7 Å². The van der Waals surface area contributed by atoms with Gasteiger partial charge in [0, 0.05) is 26.7 Å². The lowest BCUT2D eigenvalue weighted by molar-refractivity contribution is -0.131. The van der Waals surface area contributed by atoms with Gasteiger partial charge >= 0.3 is 0 Å². The van der Waals surface area contributed by atoms with E-state index in [1.165, 1.54) is 0 Å². The molecule has 0 spiro atoms. The van der Waals surface area contributed by atoms with Crippen molar-refractivity contribution in [2.24, 2.45) is 7.05 Å². The number of anilines is 1. The molecule has 1 aliphatic rings. The van der Waals surface area contributed by atoms with E-state index in [0.29, 0.717) is 25.5 Å². The summed E-state index contributed by atoms with van der Waals surface area (Å²) in [5.41, 5.74) is 1.84. The highest BCUT2D eigenvalue weighted by molar-refractivity contribution is 5.90. The summed E-state index contributed by atoms with van der Waals surface area (Å²) < 4.78 is 7.00. The Morgan fingerprint density at radius 1 is 1.22 bits per heavy atom. The number of piperazine rings is 1. The Bertz CT molecular complexity index is 999. The van der Waals surface area contributed by atoms with Crippen molar-refractivity contribution in [1.82, 2.24) is 24.6 Å². The summed E-state index contributed by atoms with van der Waals surface area (Å²) in [5.74, 6) is 2.33. The highest BCUT2D eigenvalue weighted by Crippen LogP contribution is 2.25. The summed E-state index contributed by atoms with van der Waals surface area (Å²) in [5, 5.41) is 5.15. The maximum atomic E-state index is 12.8. The molecule has 4 rings (SSSR count). The molecule has 0 unspecified atom stereocenters. The van der Waals surface area contributed by atoms with Gasteiger partial charge in [0.25, 0.3) is 0 Å². The number of hydrogen-bond acceptors (Lipinski definition) is 6. The smallest absolute Gasteiger partial charge is 0.242 e. The molecule has 8 nitrogen and oxygen atoms in total. The van der Waals surface area contributed by atoms with Gasteiger partial charge in [-0.25, -0.2) is 9.97 Å². The van der Waals surface area contributed by atoms with Crippen LogP contribution in [0.2, 0.25) is 0 Å². The van der Waals surface area contributed by atoms with Gasteiger partial charge in [-0.1, -0.05) is 12.1 Å². The van der Waals surface area contributed by atoms with Gasteiger partial charge in [0.1, 0.15) is 17.4 Å². The van der Waals surface area contributed by atoms with E-state index in [1.54, 1.807) is 18.0 Å². The molecule has 1 fully saturated rings. The number of methoxy groups -OCH3 is 1. The van der Waals surface area contributed by atoms with Crippen LogP contribution < -0.4 is 9.64 Å². The lowest BCUT2D eigenvalue weighted by Crippen LogP contribution is -2.50. The number of fused-ring (bicyclic) bond motifs is 1. The zero-order valence-electron chi connectivity index (χ0n) is 15.7. The number of carbonyl (C=O) groups is 1. The van der Waals surface area contributed by atoms with Gasteiger partial charge < -0.3 is 14.5 Å². The maximum Gasteiger partial charge on any atom is 0.242 e. The monoisotopic (exact) mass is 366 g/mol. The van der Waals surface area contributed by atoms with Crippen molar-refractivity contribution in [2.45, 2.75) is 13.5 Å². The van der Waals surface area contributed by atoms with E-state index in [4.69, 9.17) is 4.74 Å². The molecule has 0 radical (unpaired) electrons. The standard InChI is InChI=1S/C19H22N6O2/c1-13-21-18-16(10-20-23(18)2)19(22-13)25-8-7-24(17(26)12-25)11-14-5-4-6-15(9-14)27-3/h4-6,9-10H,7-8,11-12H2,1-3H3. The summed E-state index contributed by atoms with van der Waals surface area (Å²) in [4.78, 5) is 25.7. The first-order valence-electron chi connectivity index (χ1n) is 8.87. The van der Waals surface area contributed by atoms with E-state index in [1.807, 2.05) is 48.0 Å². The lowest BCUT2D eigenvalue weighted by atomic mass is 10.2. The third kappa shape index (κ3) is 3.30. The third-order valence-electron chi connectivity index (χ3n) is 4.81. The summed E-state index contributed by atoms with van der Waals surface area (Å²) in [6.07, 6.45) is 1.76. The molecule has 3 aromatic rings. The number of hydrogen-bond donors (Lipinski definition) is 0. The minimum absolute atomic E-state index is 0.0809. The van der Waals surface area contributed by atoms with Crippen LogP contribution in [0.25, 0.3) is 11.0 Å². The first-order valence-corrected chi connectivity index (χ1v) is 8.87. The van der Waals surface area contributed by atoms with Crippen LogP contribution in [0.4, 0.5) is 5.82 Å². The molecule has 1 aromatic carbocycles. The Morgan fingerprint density at radius 2 is 2.07 bits per heavy atom. The van der Waals surface area contributed by atoms with Crippen molar-refractivity contribution in [3.63, 3.8) is 0 Å². The Balaban J connectivity index is 1.53. The van der Waals surface area contributed by atoms with Crippen molar-refractivity contribution in [2.75, 3.05) is 31.6 Å². The number of carbonyl (C=O) groups excluding carboxylic acids is 1. The van der Waals surface area contributed by atoms with Crippen molar-refractivity contribution in [1.29, 1.82) is 0 Å². The van der Waals surface area contributed by atoms with Gasteiger partial charge in [-0.15, -0.1) is 0 Å². The van der Waals surface area contributed by atoms with Gasteiger partial charge in [-0.3, -0.25) is 9.48 Å².